The zero-order chi connectivity index (χ0) is 10.4. The fourth-order valence-corrected chi connectivity index (χ4v) is 1.21. The number of halogens is 1. The van der Waals surface area contributed by atoms with E-state index in [-0.39, 0.29) is 11.5 Å². The van der Waals surface area contributed by atoms with Crippen molar-refractivity contribution < 1.29 is 4.92 Å². The van der Waals surface area contributed by atoms with E-state index >= 15 is 0 Å². The topological polar surface area (TPSA) is 43.1 Å². The summed E-state index contributed by atoms with van der Waals surface area (Å²) in [5.74, 6) is 0. The van der Waals surface area contributed by atoms with E-state index in [1.165, 1.54) is 0 Å². The van der Waals surface area contributed by atoms with E-state index in [1.807, 2.05) is 24.3 Å². The molecule has 0 heterocycles. The molecule has 0 atom stereocenters. The summed E-state index contributed by atoms with van der Waals surface area (Å²) in [6, 6.07) is 7.34. The third-order valence-corrected chi connectivity index (χ3v) is 1.87. The lowest BCUT2D eigenvalue weighted by atomic mass is 10.2. The maximum Gasteiger partial charge on any atom is 0.207 e. The van der Waals surface area contributed by atoms with Crippen molar-refractivity contribution >= 4 is 17.7 Å². The van der Waals surface area contributed by atoms with Gasteiger partial charge in [0.2, 0.25) is 6.54 Å². The molecule has 0 fully saturated rings. The van der Waals surface area contributed by atoms with Crippen LogP contribution in [0.5, 0.6) is 0 Å². The molecule has 0 unspecified atom stereocenters. The molecule has 3 nitrogen and oxygen atoms in total. The highest BCUT2D eigenvalue weighted by Gasteiger charge is 1.92. The molecule has 0 amide bonds. The van der Waals surface area contributed by atoms with Gasteiger partial charge in [0.05, 0.1) is 0 Å². The van der Waals surface area contributed by atoms with Crippen molar-refractivity contribution in [3.63, 3.8) is 0 Å². The summed E-state index contributed by atoms with van der Waals surface area (Å²) in [6.45, 7) is -0.0307. The van der Waals surface area contributed by atoms with Gasteiger partial charge in [-0.1, -0.05) is 35.9 Å². The maximum absolute atomic E-state index is 10.0. The van der Waals surface area contributed by atoms with E-state index in [9.17, 15) is 10.1 Å². The van der Waals surface area contributed by atoms with Gasteiger partial charge in [-0.3, -0.25) is 10.1 Å². The first-order chi connectivity index (χ1) is 6.68. The summed E-state index contributed by atoms with van der Waals surface area (Å²) < 4.78 is 0. The van der Waals surface area contributed by atoms with Crippen LogP contribution in [0.2, 0.25) is 5.02 Å². The molecular formula is C10H10ClNO2. The van der Waals surface area contributed by atoms with Gasteiger partial charge in [0, 0.05) is 16.4 Å². The van der Waals surface area contributed by atoms with Crippen molar-refractivity contribution in [2.45, 2.75) is 6.42 Å². The minimum atomic E-state index is -0.331. The average Bonchev–Trinajstić information content (AvgIpc) is 2.12. The van der Waals surface area contributed by atoms with E-state index in [1.54, 1.807) is 12.1 Å². The summed E-state index contributed by atoms with van der Waals surface area (Å²) in [5.41, 5.74) is 0.959. The normalized spacial score (nSPS) is 10.6. The Bertz CT molecular complexity index is 350. The number of hydrogen-bond acceptors (Lipinski definition) is 2. The second-order valence-corrected chi connectivity index (χ2v) is 3.24. The Kier molecular flexibility index (Phi) is 4.13. The molecule has 0 aliphatic carbocycles. The molecule has 1 aromatic carbocycles. The lowest BCUT2D eigenvalue weighted by Crippen LogP contribution is -1.97. The Morgan fingerprint density at radius 2 is 2.29 bits per heavy atom. The molecule has 14 heavy (non-hydrogen) atoms. The summed E-state index contributed by atoms with van der Waals surface area (Å²) in [4.78, 5) is 9.68. The summed E-state index contributed by atoms with van der Waals surface area (Å²) in [5, 5.41) is 10.7. The van der Waals surface area contributed by atoms with Crippen LogP contribution in [0, 0.1) is 10.1 Å². The van der Waals surface area contributed by atoms with Crippen molar-refractivity contribution in [3.8, 4) is 0 Å². The highest BCUT2D eigenvalue weighted by molar-refractivity contribution is 6.30. The van der Waals surface area contributed by atoms with Crippen molar-refractivity contribution in [2.24, 2.45) is 0 Å². The summed E-state index contributed by atoms with van der Waals surface area (Å²) in [7, 11) is 0. The van der Waals surface area contributed by atoms with Gasteiger partial charge in [-0.15, -0.1) is 0 Å². The molecule has 0 aromatic heterocycles. The molecule has 1 aromatic rings. The van der Waals surface area contributed by atoms with Crippen molar-refractivity contribution in [1.82, 2.24) is 0 Å². The second kappa shape index (κ2) is 5.40. The summed E-state index contributed by atoms with van der Waals surface area (Å²) >= 11 is 5.77. The van der Waals surface area contributed by atoms with Crippen LogP contribution in [0.25, 0.3) is 6.08 Å². The SMILES string of the molecule is O=[N+]([O-])CC/C=C/c1cccc(Cl)c1. The van der Waals surface area contributed by atoms with Crippen LogP contribution < -0.4 is 0 Å². The van der Waals surface area contributed by atoms with Gasteiger partial charge < -0.3 is 0 Å². The van der Waals surface area contributed by atoms with Gasteiger partial charge in [-0.25, -0.2) is 0 Å². The Labute approximate surface area is 87.2 Å². The number of rotatable bonds is 4. The monoisotopic (exact) mass is 211 g/mol. The lowest BCUT2D eigenvalue weighted by Gasteiger charge is -1.93. The van der Waals surface area contributed by atoms with Crippen LogP contribution in [0.1, 0.15) is 12.0 Å². The minimum Gasteiger partial charge on any atom is -0.265 e. The molecule has 0 radical (unpaired) electrons. The lowest BCUT2D eigenvalue weighted by molar-refractivity contribution is -0.478. The molecule has 4 heteroatoms. The van der Waals surface area contributed by atoms with Crippen LogP contribution in [0.4, 0.5) is 0 Å². The van der Waals surface area contributed by atoms with Crippen LogP contribution in [-0.2, 0) is 0 Å². The second-order valence-electron chi connectivity index (χ2n) is 2.80. The number of benzene rings is 1. The first-order valence-corrected chi connectivity index (χ1v) is 4.60. The van der Waals surface area contributed by atoms with Crippen molar-refractivity contribution in [2.75, 3.05) is 6.54 Å². The third-order valence-electron chi connectivity index (χ3n) is 1.64. The highest BCUT2D eigenvalue weighted by Crippen LogP contribution is 2.11. The van der Waals surface area contributed by atoms with Gasteiger partial charge in [-0.2, -0.15) is 0 Å². The zero-order valence-corrected chi connectivity index (χ0v) is 8.28. The Hall–Kier alpha value is -1.35. The van der Waals surface area contributed by atoms with Gasteiger partial charge in [0.25, 0.3) is 0 Å². The standard InChI is InChI=1S/C10H10ClNO2/c11-10-6-3-5-9(8-10)4-1-2-7-12(13)14/h1,3-6,8H,2,7H2/b4-1+. The first-order valence-electron chi connectivity index (χ1n) is 4.22. The minimum absolute atomic E-state index is 0.0307. The van der Waals surface area contributed by atoms with E-state index in [4.69, 9.17) is 11.6 Å². The van der Waals surface area contributed by atoms with Gasteiger partial charge >= 0.3 is 0 Å². The summed E-state index contributed by atoms with van der Waals surface area (Å²) in [6.07, 6.45) is 4.04. The van der Waals surface area contributed by atoms with E-state index in [2.05, 4.69) is 0 Å². The third kappa shape index (κ3) is 4.05. The quantitative estimate of drug-likeness (QED) is 0.568. The van der Waals surface area contributed by atoms with E-state index < -0.39 is 0 Å². The van der Waals surface area contributed by atoms with Gasteiger partial charge in [0.15, 0.2) is 0 Å². The van der Waals surface area contributed by atoms with Gasteiger partial charge in [-0.05, 0) is 17.7 Å². The van der Waals surface area contributed by atoms with Crippen LogP contribution in [0.15, 0.2) is 30.3 Å². The molecule has 0 N–H and O–H groups in total. The number of nitro groups is 1. The maximum atomic E-state index is 10.0. The number of nitrogens with zero attached hydrogens (tertiary/aromatic N) is 1. The molecule has 74 valence electrons. The highest BCUT2D eigenvalue weighted by atomic mass is 35.5. The number of hydrogen-bond donors (Lipinski definition) is 0. The fraction of sp³-hybridized carbons (Fsp3) is 0.200. The van der Waals surface area contributed by atoms with Gasteiger partial charge in [0.1, 0.15) is 0 Å². The molecule has 1 rings (SSSR count). The predicted molar refractivity (Wildman–Crippen MR) is 57.0 cm³/mol. The molecule has 0 aliphatic heterocycles. The largest absolute Gasteiger partial charge is 0.265 e. The molecule has 0 aliphatic rings. The Balaban J connectivity index is 2.47. The Morgan fingerprint density at radius 1 is 1.50 bits per heavy atom. The predicted octanol–water partition coefficient (Wildman–Crippen LogP) is 3.02. The molecular weight excluding hydrogens is 202 g/mol. The van der Waals surface area contributed by atoms with Crippen molar-refractivity contribution in [1.29, 1.82) is 0 Å². The van der Waals surface area contributed by atoms with Crippen LogP contribution in [0.3, 0.4) is 0 Å². The van der Waals surface area contributed by atoms with Crippen molar-refractivity contribution in [3.05, 3.63) is 51.0 Å². The van der Waals surface area contributed by atoms with E-state index in [0.717, 1.165) is 5.56 Å². The average molecular weight is 212 g/mol. The molecule has 0 bridgehead atoms. The van der Waals surface area contributed by atoms with Crippen LogP contribution >= 0.6 is 11.6 Å². The van der Waals surface area contributed by atoms with E-state index in [0.29, 0.717) is 11.4 Å². The molecule has 0 saturated carbocycles. The Morgan fingerprint density at radius 3 is 2.93 bits per heavy atom. The molecule has 0 saturated heterocycles. The molecule has 0 spiro atoms. The zero-order valence-electron chi connectivity index (χ0n) is 7.52. The first kappa shape index (κ1) is 10.7. The van der Waals surface area contributed by atoms with Crippen LogP contribution in [-0.4, -0.2) is 11.5 Å². The fourth-order valence-electron chi connectivity index (χ4n) is 1.01. The smallest absolute Gasteiger partial charge is 0.207 e.